The molecule has 178 valence electrons. The Hall–Kier alpha value is -3.94. The second-order valence-corrected chi connectivity index (χ2v) is 7.86. The van der Waals surface area contributed by atoms with Crippen molar-refractivity contribution in [3.8, 4) is 0 Å². The van der Waals surface area contributed by atoms with Crippen molar-refractivity contribution in [1.29, 1.82) is 0 Å². The minimum atomic E-state index is -0.999. The van der Waals surface area contributed by atoms with Gasteiger partial charge in [0.05, 0.1) is 35.7 Å². The Balaban J connectivity index is 2.13. The molecule has 8 nitrogen and oxygen atoms in total. The lowest BCUT2D eigenvalue weighted by molar-refractivity contribution is -0.385. The van der Waals surface area contributed by atoms with E-state index in [1.165, 1.54) is 13.2 Å². The van der Waals surface area contributed by atoms with Crippen molar-refractivity contribution in [3.05, 3.63) is 98.4 Å². The average molecular weight is 465 g/mol. The minimum Gasteiger partial charge on any atom is -0.466 e. The molecule has 8 heteroatoms. The van der Waals surface area contributed by atoms with Gasteiger partial charge in [-0.3, -0.25) is 10.1 Å². The van der Waals surface area contributed by atoms with E-state index in [2.05, 4.69) is 5.32 Å². The van der Waals surface area contributed by atoms with Crippen LogP contribution in [0.5, 0.6) is 0 Å². The van der Waals surface area contributed by atoms with Crippen LogP contribution >= 0.6 is 0 Å². The molecule has 0 bridgehead atoms. The van der Waals surface area contributed by atoms with Gasteiger partial charge in [0, 0.05) is 23.0 Å². The van der Waals surface area contributed by atoms with Gasteiger partial charge in [-0.25, -0.2) is 9.59 Å². The zero-order valence-corrected chi connectivity index (χ0v) is 19.5. The standard InChI is InChI=1S/C26H28N2O6/c1-4-34-26(30)24-20(15-10-13-18-11-6-5-7-12-18)27-17(2)22(25(29)33-3)23(24)19-14-8-9-16-21(19)28(31)32/h5-9,11-12,14,16,23,27H,4,10,13,15H2,1-3H3. The Morgan fingerprint density at radius 2 is 1.68 bits per heavy atom. The molecule has 3 rings (SSSR count). The maximum absolute atomic E-state index is 13.2. The summed E-state index contributed by atoms with van der Waals surface area (Å²) in [7, 11) is 1.24. The molecule has 1 heterocycles. The first-order chi connectivity index (χ1) is 16.4. The van der Waals surface area contributed by atoms with Gasteiger partial charge in [0.1, 0.15) is 0 Å². The number of allylic oxidation sites excluding steroid dienone is 2. The maximum atomic E-state index is 13.2. The normalized spacial score (nSPS) is 15.6. The Labute approximate surface area is 198 Å². The van der Waals surface area contributed by atoms with Crippen LogP contribution in [0.25, 0.3) is 0 Å². The molecule has 0 saturated carbocycles. The Morgan fingerprint density at radius 1 is 1.00 bits per heavy atom. The number of carbonyl (C=O) groups is 2. The number of hydrogen-bond acceptors (Lipinski definition) is 7. The first-order valence-electron chi connectivity index (χ1n) is 11.1. The summed E-state index contributed by atoms with van der Waals surface area (Å²) in [5, 5.41) is 15.0. The summed E-state index contributed by atoms with van der Waals surface area (Å²) < 4.78 is 10.3. The van der Waals surface area contributed by atoms with Gasteiger partial charge in [-0.2, -0.15) is 0 Å². The van der Waals surface area contributed by atoms with Crippen LogP contribution in [-0.4, -0.2) is 30.6 Å². The third kappa shape index (κ3) is 5.33. The van der Waals surface area contributed by atoms with Gasteiger partial charge in [0.2, 0.25) is 0 Å². The molecule has 1 aliphatic heterocycles. The molecule has 0 fully saturated rings. The summed E-state index contributed by atoms with van der Waals surface area (Å²) in [5.74, 6) is -2.29. The number of aryl methyl sites for hydroxylation is 1. The topological polar surface area (TPSA) is 108 Å². The molecule has 0 radical (unpaired) electrons. The van der Waals surface area contributed by atoms with Crippen LogP contribution in [-0.2, 0) is 25.5 Å². The van der Waals surface area contributed by atoms with E-state index < -0.39 is 22.8 Å². The van der Waals surface area contributed by atoms with Gasteiger partial charge < -0.3 is 14.8 Å². The lowest BCUT2D eigenvalue weighted by atomic mass is 9.79. The second-order valence-electron chi connectivity index (χ2n) is 7.86. The average Bonchev–Trinajstić information content (AvgIpc) is 2.84. The van der Waals surface area contributed by atoms with Crippen molar-refractivity contribution in [3.63, 3.8) is 0 Å². The summed E-state index contributed by atoms with van der Waals surface area (Å²) in [6.45, 7) is 3.51. The van der Waals surface area contributed by atoms with E-state index in [9.17, 15) is 19.7 Å². The molecule has 1 N–H and O–H groups in total. The largest absolute Gasteiger partial charge is 0.466 e. The van der Waals surface area contributed by atoms with E-state index in [-0.39, 0.29) is 29.0 Å². The molecular formula is C26H28N2O6. The summed E-state index contributed by atoms with van der Waals surface area (Å²) in [4.78, 5) is 37.3. The van der Waals surface area contributed by atoms with Crippen molar-refractivity contribution in [2.24, 2.45) is 0 Å². The van der Waals surface area contributed by atoms with Crippen LogP contribution < -0.4 is 5.32 Å². The number of esters is 2. The van der Waals surface area contributed by atoms with Crippen molar-refractivity contribution in [2.75, 3.05) is 13.7 Å². The number of nitro groups is 1. The molecule has 34 heavy (non-hydrogen) atoms. The number of nitro benzene ring substituents is 1. The molecule has 2 aromatic rings. The van der Waals surface area contributed by atoms with Crippen LogP contribution in [0.4, 0.5) is 5.69 Å². The van der Waals surface area contributed by atoms with Crippen molar-refractivity contribution in [1.82, 2.24) is 5.32 Å². The van der Waals surface area contributed by atoms with E-state index in [0.717, 1.165) is 18.4 Å². The van der Waals surface area contributed by atoms with E-state index in [1.54, 1.807) is 32.0 Å². The van der Waals surface area contributed by atoms with Crippen LogP contribution in [0, 0.1) is 10.1 Å². The second kappa shape index (κ2) is 11.3. The lowest BCUT2D eigenvalue weighted by Gasteiger charge is -2.31. The predicted octanol–water partition coefficient (Wildman–Crippen LogP) is 4.57. The molecule has 1 unspecified atom stereocenters. The van der Waals surface area contributed by atoms with Crippen LogP contribution in [0.3, 0.4) is 0 Å². The molecule has 0 saturated heterocycles. The molecule has 1 aliphatic rings. The summed E-state index contributed by atoms with van der Waals surface area (Å²) in [6.07, 6.45) is 2.00. The zero-order chi connectivity index (χ0) is 24.7. The SMILES string of the molecule is CCOC(=O)C1=C(CCCc2ccccc2)NC(C)=C(C(=O)OC)C1c1ccccc1[N+](=O)[O-]. The van der Waals surface area contributed by atoms with Crippen molar-refractivity contribution in [2.45, 2.75) is 39.0 Å². The fourth-order valence-corrected chi connectivity index (χ4v) is 4.25. The number of methoxy groups -OCH3 is 1. The van der Waals surface area contributed by atoms with E-state index >= 15 is 0 Å². The van der Waals surface area contributed by atoms with Crippen LogP contribution in [0.1, 0.15) is 43.7 Å². The van der Waals surface area contributed by atoms with Gasteiger partial charge in [-0.05, 0) is 38.7 Å². The quantitative estimate of drug-likeness (QED) is 0.329. The van der Waals surface area contributed by atoms with Gasteiger partial charge in [-0.1, -0.05) is 48.5 Å². The van der Waals surface area contributed by atoms with E-state index in [1.807, 2.05) is 30.3 Å². The highest BCUT2D eigenvalue weighted by Gasteiger charge is 2.41. The first-order valence-corrected chi connectivity index (χ1v) is 11.1. The van der Waals surface area contributed by atoms with Gasteiger partial charge >= 0.3 is 11.9 Å². The molecule has 2 aromatic carbocycles. The Morgan fingerprint density at radius 3 is 2.32 bits per heavy atom. The number of para-hydroxylation sites is 1. The number of dihydropyridines is 1. The smallest absolute Gasteiger partial charge is 0.336 e. The molecule has 0 spiro atoms. The molecule has 0 aliphatic carbocycles. The number of hydrogen-bond donors (Lipinski definition) is 1. The summed E-state index contributed by atoms with van der Waals surface area (Å²) in [6, 6.07) is 16.1. The maximum Gasteiger partial charge on any atom is 0.336 e. The number of ether oxygens (including phenoxy) is 2. The molecule has 1 atom stereocenters. The van der Waals surface area contributed by atoms with Crippen molar-refractivity contribution < 1.29 is 24.0 Å². The van der Waals surface area contributed by atoms with Gasteiger partial charge in [0.15, 0.2) is 0 Å². The molecule has 0 amide bonds. The highest BCUT2D eigenvalue weighted by Crippen LogP contribution is 2.43. The third-order valence-electron chi connectivity index (χ3n) is 5.73. The number of benzene rings is 2. The number of nitrogens with one attached hydrogen (secondary N) is 1. The highest BCUT2D eigenvalue weighted by atomic mass is 16.6. The summed E-state index contributed by atoms with van der Waals surface area (Å²) >= 11 is 0. The van der Waals surface area contributed by atoms with E-state index in [0.29, 0.717) is 17.8 Å². The number of nitrogens with zero attached hydrogens (tertiary/aromatic N) is 1. The van der Waals surface area contributed by atoms with E-state index in [4.69, 9.17) is 9.47 Å². The fraction of sp³-hybridized carbons (Fsp3) is 0.308. The zero-order valence-electron chi connectivity index (χ0n) is 19.5. The monoisotopic (exact) mass is 464 g/mol. The van der Waals surface area contributed by atoms with Crippen molar-refractivity contribution >= 4 is 17.6 Å². The number of carbonyl (C=O) groups excluding carboxylic acids is 2. The van der Waals surface area contributed by atoms with Gasteiger partial charge in [0.25, 0.3) is 5.69 Å². The first kappa shape index (κ1) is 24.7. The Kier molecular flexibility index (Phi) is 8.19. The third-order valence-corrected chi connectivity index (χ3v) is 5.73. The Bertz CT molecular complexity index is 1140. The predicted molar refractivity (Wildman–Crippen MR) is 127 cm³/mol. The van der Waals surface area contributed by atoms with Gasteiger partial charge in [-0.15, -0.1) is 0 Å². The minimum absolute atomic E-state index is 0.124. The highest BCUT2D eigenvalue weighted by molar-refractivity contribution is 6.00. The summed E-state index contributed by atoms with van der Waals surface area (Å²) in [5.41, 5.74) is 2.61. The fourth-order valence-electron chi connectivity index (χ4n) is 4.25. The lowest BCUT2D eigenvalue weighted by Crippen LogP contribution is -2.33. The molecule has 0 aromatic heterocycles. The van der Waals surface area contributed by atoms with Crippen LogP contribution in [0.2, 0.25) is 0 Å². The molecular weight excluding hydrogens is 436 g/mol. The number of rotatable bonds is 9. The van der Waals surface area contributed by atoms with Crippen LogP contribution in [0.15, 0.2) is 77.1 Å².